The van der Waals surface area contributed by atoms with Gasteiger partial charge in [-0.2, -0.15) is 0 Å². The van der Waals surface area contributed by atoms with Gasteiger partial charge in [0.15, 0.2) is 0 Å². The highest BCUT2D eigenvalue weighted by molar-refractivity contribution is 5.92. The molecule has 4 rings (SSSR count). The van der Waals surface area contributed by atoms with E-state index in [0.29, 0.717) is 31.3 Å². The van der Waals surface area contributed by atoms with Gasteiger partial charge in [0.25, 0.3) is 5.91 Å². The summed E-state index contributed by atoms with van der Waals surface area (Å²) < 4.78 is 13.6. The Morgan fingerprint density at radius 3 is 3.00 bits per heavy atom. The van der Waals surface area contributed by atoms with Crippen LogP contribution in [-0.4, -0.2) is 58.3 Å². The number of nitrogens with zero attached hydrogens (tertiary/aromatic N) is 4. The lowest BCUT2D eigenvalue weighted by Crippen LogP contribution is -2.41. The predicted octanol–water partition coefficient (Wildman–Crippen LogP) is 2.31. The van der Waals surface area contributed by atoms with Crippen molar-refractivity contribution in [2.24, 2.45) is 5.92 Å². The zero-order valence-electron chi connectivity index (χ0n) is 15.5. The molecule has 0 spiro atoms. The van der Waals surface area contributed by atoms with Crippen molar-refractivity contribution in [1.29, 1.82) is 0 Å². The second-order valence-electron chi connectivity index (χ2n) is 7.26. The Bertz CT molecular complexity index is 743. The third-order valence-corrected chi connectivity index (χ3v) is 5.42. The van der Waals surface area contributed by atoms with Gasteiger partial charge in [-0.1, -0.05) is 0 Å². The Kier molecular flexibility index (Phi) is 5.79. The van der Waals surface area contributed by atoms with Crippen LogP contribution in [0.2, 0.25) is 0 Å². The zero-order chi connectivity index (χ0) is 18.5. The van der Waals surface area contributed by atoms with E-state index in [1.54, 1.807) is 12.3 Å². The Labute approximate surface area is 159 Å². The number of hydrogen-bond donors (Lipinski definition) is 0. The van der Waals surface area contributed by atoms with E-state index in [4.69, 9.17) is 9.47 Å². The highest BCUT2D eigenvalue weighted by Crippen LogP contribution is 2.25. The van der Waals surface area contributed by atoms with E-state index in [1.165, 1.54) is 6.33 Å². The van der Waals surface area contributed by atoms with E-state index in [2.05, 4.69) is 26.8 Å². The molecule has 0 aromatic carbocycles. The molecular formula is C20H26N4O3. The summed E-state index contributed by atoms with van der Waals surface area (Å²) >= 11 is 0. The number of carbonyl (C=O) groups excluding carboxylic acids is 1. The summed E-state index contributed by atoms with van der Waals surface area (Å²) in [5.74, 6) is 0.570. The van der Waals surface area contributed by atoms with Crippen LogP contribution in [0.25, 0.3) is 0 Å². The molecule has 0 radical (unpaired) electrons. The summed E-state index contributed by atoms with van der Waals surface area (Å²) in [4.78, 5) is 22.7. The van der Waals surface area contributed by atoms with E-state index in [1.807, 2.05) is 11.0 Å². The van der Waals surface area contributed by atoms with Crippen LogP contribution in [0.1, 0.15) is 41.5 Å². The fourth-order valence-corrected chi connectivity index (χ4v) is 3.87. The van der Waals surface area contributed by atoms with Crippen LogP contribution in [0, 0.1) is 5.92 Å². The van der Waals surface area contributed by atoms with Gasteiger partial charge < -0.3 is 18.9 Å². The zero-order valence-corrected chi connectivity index (χ0v) is 15.5. The third kappa shape index (κ3) is 4.36. The molecule has 0 bridgehead atoms. The maximum atomic E-state index is 12.8. The van der Waals surface area contributed by atoms with Gasteiger partial charge >= 0.3 is 0 Å². The van der Waals surface area contributed by atoms with Gasteiger partial charge in [-0.3, -0.25) is 4.79 Å². The summed E-state index contributed by atoms with van der Waals surface area (Å²) in [6.07, 6.45) is 8.19. The van der Waals surface area contributed by atoms with Crippen molar-refractivity contribution in [3.63, 3.8) is 0 Å². The second kappa shape index (κ2) is 8.63. The molecule has 1 fully saturated rings. The summed E-state index contributed by atoms with van der Waals surface area (Å²) in [5.41, 5.74) is 1.60. The number of amides is 1. The maximum Gasteiger partial charge on any atom is 0.272 e. The van der Waals surface area contributed by atoms with Crippen molar-refractivity contribution in [2.75, 3.05) is 33.0 Å². The molecule has 0 saturated carbocycles. The van der Waals surface area contributed by atoms with Crippen LogP contribution >= 0.6 is 0 Å². The number of aromatic nitrogens is 3. The molecule has 7 heteroatoms. The van der Waals surface area contributed by atoms with Crippen molar-refractivity contribution in [3.8, 4) is 0 Å². The number of hydrogen-bond acceptors (Lipinski definition) is 5. The summed E-state index contributed by atoms with van der Waals surface area (Å²) in [5, 5.41) is 0. The van der Waals surface area contributed by atoms with Crippen LogP contribution < -0.4 is 0 Å². The van der Waals surface area contributed by atoms with Gasteiger partial charge in [0.2, 0.25) is 0 Å². The van der Waals surface area contributed by atoms with E-state index >= 15 is 0 Å². The summed E-state index contributed by atoms with van der Waals surface area (Å²) in [6, 6.07) is 6.02. The lowest BCUT2D eigenvalue weighted by Gasteiger charge is -2.35. The molecule has 7 nitrogen and oxygen atoms in total. The molecule has 0 N–H and O–H groups in total. The molecule has 4 heterocycles. The quantitative estimate of drug-likeness (QED) is 0.730. The molecule has 2 aromatic rings. The van der Waals surface area contributed by atoms with Crippen LogP contribution in [0.3, 0.4) is 0 Å². The largest absolute Gasteiger partial charge is 0.381 e. The highest BCUT2D eigenvalue weighted by Gasteiger charge is 2.28. The molecule has 1 amide bonds. The molecule has 1 atom stereocenters. The highest BCUT2D eigenvalue weighted by atomic mass is 16.5. The first kappa shape index (κ1) is 18.1. The molecule has 1 unspecified atom stereocenters. The molecule has 27 heavy (non-hydrogen) atoms. The number of fused-ring (bicyclic) bond motifs is 1. The van der Waals surface area contributed by atoms with Crippen LogP contribution in [0.15, 0.2) is 36.9 Å². The smallest absolute Gasteiger partial charge is 0.272 e. The van der Waals surface area contributed by atoms with Gasteiger partial charge in [-0.15, -0.1) is 0 Å². The number of rotatable bonds is 6. The minimum Gasteiger partial charge on any atom is -0.381 e. The molecule has 0 aliphatic carbocycles. The van der Waals surface area contributed by atoms with Crippen LogP contribution in [-0.2, 0) is 16.0 Å². The summed E-state index contributed by atoms with van der Waals surface area (Å²) in [6.45, 7) is 4.49. The van der Waals surface area contributed by atoms with Gasteiger partial charge in [0, 0.05) is 51.1 Å². The SMILES string of the molecule is O=C(c1ccncn1)N1Cc2cccn2C(CCOCC2CCOCC2)C1. The first-order chi connectivity index (χ1) is 13.3. The average Bonchev–Trinajstić information content (AvgIpc) is 3.21. The lowest BCUT2D eigenvalue weighted by atomic mass is 10.0. The van der Waals surface area contributed by atoms with Crippen molar-refractivity contribution >= 4 is 5.91 Å². The Morgan fingerprint density at radius 1 is 1.30 bits per heavy atom. The molecule has 2 aromatic heterocycles. The fraction of sp³-hybridized carbons (Fsp3) is 0.550. The van der Waals surface area contributed by atoms with Crippen molar-refractivity contribution in [3.05, 3.63) is 48.3 Å². The van der Waals surface area contributed by atoms with E-state index in [9.17, 15) is 4.79 Å². The minimum atomic E-state index is -0.0435. The standard InChI is InChI=1S/C20H26N4O3/c25-20(19-3-7-21-15-22-19)23-12-17-2-1-8-24(17)18(13-23)6-11-27-14-16-4-9-26-10-5-16/h1-3,7-8,15-16,18H,4-6,9-14H2. The van der Waals surface area contributed by atoms with E-state index in [-0.39, 0.29) is 11.9 Å². The Morgan fingerprint density at radius 2 is 2.19 bits per heavy atom. The second-order valence-corrected chi connectivity index (χ2v) is 7.26. The first-order valence-electron chi connectivity index (χ1n) is 9.68. The molecule has 1 saturated heterocycles. The Hall–Kier alpha value is -2.25. The Balaban J connectivity index is 1.35. The van der Waals surface area contributed by atoms with Crippen molar-refractivity contribution < 1.29 is 14.3 Å². The number of ether oxygens (including phenoxy) is 2. The van der Waals surface area contributed by atoms with Gasteiger partial charge in [-0.05, 0) is 43.4 Å². The third-order valence-electron chi connectivity index (χ3n) is 5.42. The topological polar surface area (TPSA) is 69.5 Å². The molecule has 2 aliphatic heterocycles. The number of carbonyl (C=O) groups is 1. The first-order valence-corrected chi connectivity index (χ1v) is 9.68. The average molecular weight is 370 g/mol. The normalized spacial score (nSPS) is 20.4. The van der Waals surface area contributed by atoms with E-state index < -0.39 is 0 Å². The molecule has 144 valence electrons. The molecular weight excluding hydrogens is 344 g/mol. The van der Waals surface area contributed by atoms with Crippen LogP contribution in [0.4, 0.5) is 0 Å². The van der Waals surface area contributed by atoms with Crippen LogP contribution in [0.5, 0.6) is 0 Å². The lowest BCUT2D eigenvalue weighted by molar-refractivity contribution is 0.0161. The molecule has 2 aliphatic rings. The fourth-order valence-electron chi connectivity index (χ4n) is 3.87. The minimum absolute atomic E-state index is 0.0435. The van der Waals surface area contributed by atoms with Gasteiger partial charge in [0.1, 0.15) is 12.0 Å². The van der Waals surface area contributed by atoms with E-state index in [0.717, 1.165) is 44.8 Å². The van der Waals surface area contributed by atoms with Gasteiger partial charge in [-0.25, -0.2) is 9.97 Å². The van der Waals surface area contributed by atoms with Gasteiger partial charge in [0.05, 0.1) is 12.6 Å². The maximum absolute atomic E-state index is 12.8. The van der Waals surface area contributed by atoms with Crippen molar-refractivity contribution in [2.45, 2.75) is 31.8 Å². The predicted molar refractivity (Wildman–Crippen MR) is 99.2 cm³/mol. The summed E-state index contributed by atoms with van der Waals surface area (Å²) in [7, 11) is 0. The monoisotopic (exact) mass is 370 g/mol. The van der Waals surface area contributed by atoms with Crippen molar-refractivity contribution in [1.82, 2.24) is 19.4 Å².